The van der Waals surface area contributed by atoms with Gasteiger partial charge in [-0.3, -0.25) is 4.90 Å². The molecule has 0 aromatic heterocycles. The van der Waals surface area contributed by atoms with Gasteiger partial charge in [-0.1, -0.05) is 13.8 Å². The first-order valence-corrected chi connectivity index (χ1v) is 9.79. The molecule has 6 heteroatoms. The number of likely N-dealkylation sites (tertiary alicyclic amines) is 1. The van der Waals surface area contributed by atoms with Gasteiger partial charge in [-0.15, -0.1) is 0 Å². The zero-order chi connectivity index (χ0) is 18.1. The summed E-state index contributed by atoms with van der Waals surface area (Å²) in [7, 11) is 0. The molecular formula is C19H36N2O4. The van der Waals surface area contributed by atoms with Crippen LogP contribution in [0.1, 0.15) is 40.0 Å². The lowest BCUT2D eigenvalue weighted by Crippen LogP contribution is -2.64. The minimum atomic E-state index is -1.03. The van der Waals surface area contributed by atoms with Crippen molar-refractivity contribution in [2.45, 2.75) is 57.3 Å². The summed E-state index contributed by atoms with van der Waals surface area (Å²) in [5.74, 6) is 0. The third-order valence-corrected chi connectivity index (χ3v) is 6.19. The molecule has 3 aliphatic rings. The first-order chi connectivity index (χ1) is 11.7. The van der Waals surface area contributed by atoms with Crippen LogP contribution in [0.5, 0.6) is 0 Å². The number of ether oxygens (including phenoxy) is 2. The topological polar surface area (TPSA) is 65.4 Å². The Labute approximate surface area is 152 Å². The summed E-state index contributed by atoms with van der Waals surface area (Å²) >= 11 is 0. The average molecular weight is 357 g/mol. The van der Waals surface area contributed by atoms with Crippen LogP contribution in [-0.2, 0) is 9.47 Å². The van der Waals surface area contributed by atoms with Crippen LogP contribution >= 0.6 is 0 Å². The van der Waals surface area contributed by atoms with Crippen LogP contribution < -0.4 is 0 Å². The molecule has 3 rings (SSSR count). The van der Waals surface area contributed by atoms with Gasteiger partial charge in [0.05, 0.1) is 31.0 Å². The van der Waals surface area contributed by atoms with E-state index in [4.69, 9.17) is 9.47 Å². The van der Waals surface area contributed by atoms with E-state index < -0.39 is 17.3 Å². The third kappa shape index (κ3) is 4.54. The van der Waals surface area contributed by atoms with E-state index in [2.05, 4.69) is 23.6 Å². The Hall–Kier alpha value is -0.240. The lowest BCUT2D eigenvalue weighted by Gasteiger charge is -2.52. The van der Waals surface area contributed by atoms with Crippen molar-refractivity contribution >= 4 is 0 Å². The van der Waals surface area contributed by atoms with Crippen molar-refractivity contribution < 1.29 is 19.7 Å². The zero-order valence-electron chi connectivity index (χ0n) is 16.2. The van der Waals surface area contributed by atoms with Crippen LogP contribution in [0.4, 0.5) is 0 Å². The highest BCUT2D eigenvalue weighted by molar-refractivity contribution is 5.04. The van der Waals surface area contributed by atoms with Gasteiger partial charge >= 0.3 is 0 Å². The normalized spacial score (nSPS) is 35.2. The molecule has 0 radical (unpaired) electrons. The van der Waals surface area contributed by atoms with Crippen LogP contribution in [0.15, 0.2) is 0 Å². The Morgan fingerprint density at radius 1 is 0.960 bits per heavy atom. The molecule has 2 atom stereocenters. The monoisotopic (exact) mass is 356 g/mol. The molecule has 0 unspecified atom stereocenters. The van der Waals surface area contributed by atoms with Gasteiger partial charge in [-0.25, -0.2) is 0 Å². The second-order valence-electron chi connectivity index (χ2n) is 9.25. The number of piperidine rings is 1. The molecular weight excluding hydrogens is 320 g/mol. The van der Waals surface area contributed by atoms with Gasteiger partial charge in [-0.05, 0) is 25.2 Å². The molecule has 0 bridgehead atoms. The Morgan fingerprint density at radius 3 is 2.12 bits per heavy atom. The van der Waals surface area contributed by atoms with Gasteiger partial charge in [0.25, 0.3) is 0 Å². The van der Waals surface area contributed by atoms with E-state index >= 15 is 0 Å². The SMILES string of the molecule is CC(C)(CN1CCOCC1)CN1CCC2(CC1)OCC[C@@](C)(O)[C@@H]2O. The number of hydrogen-bond acceptors (Lipinski definition) is 6. The van der Waals surface area contributed by atoms with Crippen molar-refractivity contribution in [3.05, 3.63) is 0 Å². The van der Waals surface area contributed by atoms with Gasteiger partial charge in [0.1, 0.15) is 6.10 Å². The Balaban J connectivity index is 1.51. The largest absolute Gasteiger partial charge is 0.387 e. The minimum Gasteiger partial charge on any atom is -0.387 e. The van der Waals surface area contributed by atoms with Crippen LogP contribution in [0.3, 0.4) is 0 Å². The predicted octanol–water partition coefficient (Wildman–Crippen LogP) is 0.712. The number of rotatable bonds is 4. The molecule has 1 spiro atoms. The van der Waals surface area contributed by atoms with E-state index in [9.17, 15) is 10.2 Å². The molecule has 3 aliphatic heterocycles. The Bertz CT molecular complexity index is 441. The van der Waals surface area contributed by atoms with E-state index in [1.807, 2.05) is 0 Å². The highest BCUT2D eigenvalue weighted by Gasteiger charge is 2.52. The number of hydrogen-bond donors (Lipinski definition) is 2. The van der Waals surface area contributed by atoms with E-state index in [1.165, 1.54) is 0 Å². The molecule has 0 aromatic carbocycles. The molecule has 3 heterocycles. The fourth-order valence-corrected chi connectivity index (χ4v) is 4.77. The maximum absolute atomic E-state index is 10.6. The Kier molecular flexibility index (Phi) is 5.78. The van der Waals surface area contributed by atoms with Gasteiger partial charge in [-0.2, -0.15) is 0 Å². The van der Waals surface area contributed by atoms with Crippen LogP contribution in [0.25, 0.3) is 0 Å². The molecule has 2 N–H and O–H groups in total. The Morgan fingerprint density at radius 2 is 1.52 bits per heavy atom. The fraction of sp³-hybridized carbons (Fsp3) is 1.00. The smallest absolute Gasteiger partial charge is 0.111 e. The first-order valence-electron chi connectivity index (χ1n) is 9.79. The minimum absolute atomic E-state index is 0.222. The number of aliphatic hydroxyl groups is 2. The van der Waals surface area contributed by atoms with Crippen molar-refractivity contribution in [2.24, 2.45) is 5.41 Å². The van der Waals surface area contributed by atoms with Gasteiger partial charge in [0.2, 0.25) is 0 Å². The third-order valence-electron chi connectivity index (χ3n) is 6.19. The lowest BCUT2D eigenvalue weighted by molar-refractivity contribution is -0.246. The summed E-state index contributed by atoms with van der Waals surface area (Å²) in [5.41, 5.74) is -1.37. The molecule has 3 saturated heterocycles. The zero-order valence-corrected chi connectivity index (χ0v) is 16.2. The molecule has 3 fully saturated rings. The molecule has 25 heavy (non-hydrogen) atoms. The summed E-state index contributed by atoms with van der Waals surface area (Å²) < 4.78 is 11.4. The maximum Gasteiger partial charge on any atom is 0.111 e. The lowest BCUT2D eigenvalue weighted by atomic mass is 9.74. The van der Waals surface area contributed by atoms with E-state index in [-0.39, 0.29) is 5.41 Å². The molecule has 0 aromatic rings. The van der Waals surface area contributed by atoms with Crippen molar-refractivity contribution in [2.75, 3.05) is 59.1 Å². The van der Waals surface area contributed by atoms with Crippen LogP contribution in [-0.4, -0.2) is 96.4 Å². The number of aliphatic hydroxyl groups excluding tert-OH is 1. The molecule has 0 amide bonds. The van der Waals surface area contributed by atoms with Gasteiger partial charge < -0.3 is 24.6 Å². The second kappa shape index (κ2) is 7.41. The molecule has 6 nitrogen and oxygen atoms in total. The van der Waals surface area contributed by atoms with Crippen molar-refractivity contribution in [3.8, 4) is 0 Å². The molecule has 0 saturated carbocycles. The summed E-state index contributed by atoms with van der Waals surface area (Å²) in [6.07, 6.45) is 1.29. The van der Waals surface area contributed by atoms with Gasteiger partial charge in [0, 0.05) is 45.7 Å². The highest BCUT2D eigenvalue weighted by Crippen LogP contribution is 2.40. The maximum atomic E-state index is 10.6. The van der Waals surface area contributed by atoms with E-state index in [1.54, 1.807) is 6.92 Å². The summed E-state index contributed by atoms with van der Waals surface area (Å²) in [6, 6.07) is 0. The predicted molar refractivity (Wildman–Crippen MR) is 96.6 cm³/mol. The van der Waals surface area contributed by atoms with Crippen LogP contribution in [0, 0.1) is 5.41 Å². The summed E-state index contributed by atoms with van der Waals surface area (Å²) in [4.78, 5) is 4.99. The van der Waals surface area contributed by atoms with Crippen molar-refractivity contribution in [1.82, 2.24) is 9.80 Å². The fourth-order valence-electron chi connectivity index (χ4n) is 4.77. The highest BCUT2D eigenvalue weighted by atomic mass is 16.5. The van der Waals surface area contributed by atoms with Crippen molar-refractivity contribution in [1.29, 1.82) is 0 Å². The summed E-state index contributed by atoms with van der Waals surface area (Å²) in [6.45, 7) is 14.7. The first kappa shape index (κ1) is 19.5. The van der Waals surface area contributed by atoms with Crippen molar-refractivity contribution in [3.63, 3.8) is 0 Å². The average Bonchev–Trinajstić information content (AvgIpc) is 2.55. The quantitative estimate of drug-likeness (QED) is 0.774. The molecule has 0 aliphatic carbocycles. The van der Waals surface area contributed by atoms with E-state index in [0.717, 1.165) is 65.3 Å². The standard InChI is InChI=1S/C19H36N2O4/c1-17(2,15-21-9-12-24-13-10-21)14-20-7-4-19(5-8-20)16(22)18(3,23)6-11-25-19/h16,22-23H,4-15H2,1-3H3/t16-,18+/m0/s1. The second-order valence-corrected chi connectivity index (χ2v) is 9.25. The van der Waals surface area contributed by atoms with Crippen LogP contribution in [0.2, 0.25) is 0 Å². The number of nitrogens with zero attached hydrogens (tertiary/aromatic N) is 2. The summed E-state index contributed by atoms with van der Waals surface area (Å²) in [5, 5.41) is 21.1. The van der Waals surface area contributed by atoms with Gasteiger partial charge in [0.15, 0.2) is 0 Å². The van der Waals surface area contributed by atoms with E-state index in [0.29, 0.717) is 13.0 Å². The molecule has 146 valence electrons. The number of morpholine rings is 1.